The summed E-state index contributed by atoms with van der Waals surface area (Å²) in [6.45, 7) is 3.95. The van der Waals surface area contributed by atoms with Crippen LogP contribution in [-0.4, -0.2) is 38.5 Å². The first-order chi connectivity index (χ1) is 14.8. The van der Waals surface area contributed by atoms with Crippen LogP contribution in [0.25, 0.3) is 11.4 Å². The van der Waals surface area contributed by atoms with E-state index in [0.29, 0.717) is 18.3 Å². The molecule has 0 radical (unpaired) electrons. The minimum atomic E-state index is -4.43. The van der Waals surface area contributed by atoms with Crippen LogP contribution in [0.15, 0.2) is 53.3 Å². The van der Waals surface area contributed by atoms with Gasteiger partial charge >= 0.3 is 6.18 Å². The summed E-state index contributed by atoms with van der Waals surface area (Å²) in [5, 5.41) is 3.91. The van der Waals surface area contributed by atoms with Crippen LogP contribution in [0.4, 0.5) is 13.2 Å². The van der Waals surface area contributed by atoms with Gasteiger partial charge in [-0.2, -0.15) is 18.2 Å². The minimum Gasteiger partial charge on any atom is -0.340 e. The van der Waals surface area contributed by atoms with Gasteiger partial charge in [0.25, 0.3) is 0 Å². The molecule has 1 unspecified atom stereocenters. The van der Waals surface area contributed by atoms with E-state index in [1.54, 1.807) is 49.3 Å². The lowest BCUT2D eigenvalue weighted by molar-refractivity contribution is -0.138. The van der Waals surface area contributed by atoms with Crippen LogP contribution in [0.1, 0.15) is 37.3 Å². The Labute approximate surface area is 178 Å². The van der Waals surface area contributed by atoms with E-state index in [1.165, 1.54) is 12.1 Å². The number of benzene rings is 1. The molecule has 0 N–H and O–H groups in total. The van der Waals surface area contributed by atoms with Crippen molar-refractivity contribution >= 4 is 5.91 Å². The molecular weight excluding hydrogens is 409 g/mol. The molecule has 6 nitrogen and oxygen atoms in total. The molecule has 0 fully saturated rings. The molecule has 3 rings (SSSR count). The van der Waals surface area contributed by atoms with Crippen molar-refractivity contribution in [3.63, 3.8) is 0 Å². The number of nitrogens with zero attached hydrogens (tertiary/aromatic N) is 4. The molecule has 0 saturated carbocycles. The van der Waals surface area contributed by atoms with Crippen LogP contribution in [0.2, 0.25) is 0 Å². The maximum atomic E-state index is 13.3. The summed E-state index contributed by atoms with van der Waals surface area (Å²) in [4.78, 5) is 22.5. The number of likely N-dealkylation sites (N-methyl/N-ethyl adjacent to an activating group) is 1. The van der Waals surface area contributed by atoms with Gasteiger partial charge in [0.15, 0.2) is 0 Å². The SMILES string of the molecule is CCN(C(=O)CCc1nc(-c2ccncc2)no1)C(C)Cc1ccccc1C(F)(F)F. The number of hydrogen-bond acceptors (Lipinski definition) is 5. The molecule has 31 heavy (non-hydrogen) atoms. The van der Waals surface area contributed by atoms with E-state index in [2.05, 4.69) is 15.1 Å². The highest BCUT2D eigenvalue weighted by atomic mass is 19.4. The van der Waals surface area contributed by atoms with E-state index in [9.17, 15) is 18.0 Å². The van der Waals surface area contributed by atoms with Gasteiger partial charge in [-0.05, 0) is 44.0 Å². The number of amides is 1. The molecule has 3 aromatic rings. The van der Waals surface area contributed by atoms with Crippen LogP contribution >= 0.6 is 0 Å². The third-order valence-corrected chi connectivity index (χ3v) is 4.99. The fourth-order valence-electron chi connectivity index (χ4n) is 3.47. The predicted octanol–water partition coefficient (Wildman–Crippen LogP) is 4.56. The van der Waals surface area contributed by atoms with Crippen molar-refractivity contribution in [1.29, 1.82) is 0 Å². The quantitative estimate of drug-likeness (QED) is 0.522. The van der Waals surface area contributed by atoms with Crippen molar-refractivity contribution in [2.24, 2.45) is 0 Å². The van der Waals surface area contributed by atoms with Crippen LogP contribution in [0, 0.1) is 0 Å². The van der Waals surface area contributed by atoms with Gasteiger partial charge in [-0.3, -0.25) is 9.78 Å². The zero-order chi connectivity index (χ0) is 22.4. The number of rotatable bonds is 8. The van der Waals surface area contributed by atoms with E-state index in [1.807, 2.05) is 0 Å². The normalized spacial score (nSPS) is 12.5. The number of aryl methyl sites for hydroxylation is 1. The zero-order valence-corrected chi connectivity index (χ0v) is 17.3. The molecular formula is C22H23F3N4O2. The smallest absolute Gasteiger partial charge is 0.340 e. The van der Waals surface area contributed by atoms with E-state index in [4.69, 9.17) is 4.52 Å². The Morgan fingerprint density at radius 3 is 2.55 bits per heavy atom. The molecule has 2 aromatic heterocycles. The number of carbonyl (C=O) groups excluding carboxylic acids is 1. The van der Waals surface area contributed by atoms with E-state index >= 15 is 0 Å². The van der Waals surface area contributed by atoms with Gasteiger partial charge in [-0.15, -0.1) is 0 Å². The van der Waals surface area contributed by atoms with Crippen molar-refractivity contribution in [2.75, 3.05) is 6.54 Å². The highest BCUT2D eigenvalue weighted by Crippen LogP contribution is 2.32. The summed E-state index contributed by atoms with van der Waals surface area (Å²) in [7, 11) is 0. The van der Waals surface area contributed by atoms with Crippen molar-refractivity contribution in [1.82, 2.24) is 20.0 Å². The van der Waals surface area contributed by atoms with Crippen LogP contribution in [-0.2, 0) is 23.8 Å². The standard InChI is InChI=1S/C22H23F3N4O2/c1-3-29(15(2)14-17-6-4-5-7-18(17)22(23,24)25)20(30)9-8-19-27-21(28-31-19)16-10-12-26-13-11-16/h4-7,10-13,15H,3,8-9,14H2,1-2H3. The Balaban J connectivity index is 1.62. The topological polar surface area (TPSA) is 72.1 Å². The van der Waals surface area contributed by atoms with Crippen molar-refractivity contribution in [3.8, 4) is 11.4 Å². The number of carbonyl (C=O) groups is 1. The van der Waals surface area contributed by atoms with E-state index < -0.39 is 17.8 Å². The van der Waals surface area contributed by atoms with E-state index in [-0.39, 0.29) is 30.7 Å². The summed E-state index contributed by atoms with van der Waals surface area (Å²) in [5.74, 6) is 0.559. The second kappa shape index (κ2) is 9.72. The molecule has 1 amide bonds. The molecule has 0 saturated heterocycles. The third kappa shape index (κ3) is 5.68. The second-order valence-corrected chi connectivity index (χ2v) is 7.14. The molecule has 0 aliphatic carbocycles. The fourth-order valence-corrected chi connectivity index (χ4v) is 3.47. The minimum absolute atomic E-state index is 0.113. The molecule has 0 bridgehead atoms. The Hall–Kier alpha value is -3.23. The maximum Gasteiger partial charge on any atom is 0.416 e. The van der Waals surface area contributed by atoms with E-state index in [0.717, 1.165) is 11.6 Å². The largest absolute Gasteiger partial charge is 0.416 e. The van der Waals surface area contributed by atoms with Crippen molar-refractivity contribution in [3.05, 3.63) is 65.8 Å². The summed E-state index contributed by atoms with van der Waals surface area (Å²) >= 11 is 0. The van der Waals surface area contributed by atoms with Gasteiger partial charge < -0.3 is 9.42 Å². The number of halogens is 3. The molecule has 2 heterocycles. The Kier molecular flexibility index (Phi) is 7.04. The van der Waals surface area contributed by atoms with Crippen LogP contribution in [0.5, 0.6) is 0 Å². The number of hydrogen-bond donors (Lipinski definition) is 0. The van der Waals surface area contributed by atoms with Crippen molar-refractivity contribution < 1.29 is 22.5 Å². The first-order valence-electron chi connectivity index (χ1n) is 9.97. The van der Waals surface area contributed by atoms with Gasteiger partial charge in [0.2, 0.25) is 17.6 Å². The van der Waals surface area contributed by atoms with Crippen molar-refractivity contribution in [2.45, 2.75) is 45.3 Å². The predicted molar refractivity (Wildman–Crippen MR) is 108 cm³/mol. The average molecular weight is 432 g/mol. The number of alkyl halides is 3. The molecule has 0 aliphatic rings. The molecule has 0 spiro atoms. The Morgan fingerprint density at radius 1 is 1.16 bits per heavy atom. The summed E-state index contributed by atoms with van der Waals surface area (Å²) in [6, 6.07) is 8.57. The Morgan fingerprint density at radius 2 is 1.87 bits per heavy atom. The average Bonchev–Trinajstić information content (AvgIpc) is 3.22. The van der Waals surface area contributed by atoms with Gasteiger partial charge in [0, 0.05) is 43.4 Å². The maximum absolute atomic E-state index is 13.3. The molecule has 0 aliphatic heterocycles. The highest BCUT2D eigenvalue weighted by molar-refractivity contribution is 5.76. The fraction of sp³-hybridized carbons (Fsp3) is 0.364. The first-order valence-corrected chi connectivity index (χ1v) is 9.97. The number of aromatic nitrogens is 3. The van der Waals surface area contributed by atoms with Crippen LogP contribution < -0.4 is 0 Å². The molecule has 1 atom stereocenters. The van der Waals surface area contributed by atoms with Gasteiger partial charge in [0.1, 0.15) is 0 Å². The third-order valence-electron chi connectivity index (χ3n) is 4.99. The second-order valence-electron chi connectivity index (χ2n) is 7.14. The number of pyridine rings is 1. The lowest BCUT2D eigenvalue weighted by Crippen LogP contribution is -2.40. The first kappa shape index (κ1) is 22.5. The molecule has 1 aromatic carbocycles. The van der Waals surface area contributed by atoms with Gasteiger partial charge in [-0.1, -0.05) is 23.4 Å². The highest BCUT2D eigenvalue weighted by Gasteiger charge is 2.33. The van der Waals surface area contributed by atoms with Gasteiger partial charge in [0.05, 0.1) is 5.56 Å². The molecule has 9 heteroatoms. The summed E-state index contributed by atoms with van der Waals surface area (Å²) in [6.07, 6.45) is -0.709. The van der Waals surface area contributed by atoms with Gasteiger partial charge in [-0.25, -0.2) is 0 Å². The molecule has 164 valence electrons. The zero-order valence-electron chi connectivity index (χ0n) is 17.3. The summed E-state index contributed by atoms with van der Waals surface area (Å²) < 4.78 is 45.0. The lowest BCUT2D eigenvalue weighted by Gasteiger charge is -2.29. The summed E-state index contributed by atoms with van der Waals surface area (Å²) in [5.41, 5.74) is 0.260. The lowest BCUT2D eigenvalue weighted by atomic mass is 9.99. The Bertz CT molecular complexity index is 1010. The monoisotopic (exact) mass is 432 g/mol. The van der Waals surface area contributed by atoms with Crippen LogP contribution in [0.3, 0.4) is 0 Å².